The van der Waals surface area contributed by atoms with E-state index in [-0.39, 0.29) is 35.8 Å². The van der Waals surface area contributed by atoms with Crippen LogP contribution in [0.2, 0.25) is 0 Å². The molecule has 0 atom stereocenters. The van der Waals surface area contributed by atoms with Crippen LogP contribution in [-0.4, -0.2) is 31.7 Å². The highest BCUT2D eigenvalue weighted by atomic mass is 16.6. The zero-order valence-electron chi connectivity index (χ0n) is 16.9. The van der Waals surface area contributed by atoms with Crippen LogP contribution in [0, 0.1) is 24.0 Å². The molecule has 0 saturated carbocycles. The quantitative estimate of drug-likeness (QED) is 0.413. The number of nitro benzene ring substituents is 1. The summed E-state index contributed by atoms with van der Waals surface area (Å²) in [6.45, 7) is 3.77. The molecule has 0 radical (unpaired) electrons. The molecule has 3 rings (SSSR count). The summed E-state index contributed by atoms with van der Waals surface area (Å²) in [6.07, 6.45) is 1.17. The number of benzene rings is 2. The fraction of sp³-hybridized carbons (Fsp3) is 0.190. The summed E-state index contributed by atoms with van der Waals surface area (Å²) in [5.41, 5.74) is 1.85. The number of aliphatic carboxylic acids is 1. The number of rotatable bonds is 8. The van der Waals surface area contributed by atoms with Gasteiger partial charge < -0.3 is 15.2 Å². The van der Waals surface area contributed by atoms with Gasteiger partial charge in [0.2, 0.25) is 0 Å². The highest BCUT2D eigenvalue weighted by molar-refractivity contribution is 6.03. The van der Waals surface area contributed by atoms with Gasteiger partial charge in [-0.3, -0.25) is 24.4 Å². The van der Waals surface area contributed by atoms with E-state index < -0.39 is 16.8 Å². The Bertz CT molecular complexity index is 1150. The van der Waals surface area contributed by atoms with Crippen LogP contribution >= 0.6 is 0 Å². The Morgan fingerprint density at radius 1 is 1.19 bits per heavy atom. The third-order valence-electron chi connectivity index (χ3n) is 4.42. The Balaban J connectivity index is 1.87. The number of nitrogens with one attached hydrogen (secondary N) is 1. The molecule has 10 heteroatoms. The Labute approximate surface area is 177 Å². The topological polar surface area (TPSA) is 137 Å². The number of ether oxygens (including phenoxy) is 1. The zero-order valence-corrected chi connectivity index (χ0v) is 16.9. The fourth-order valence-corrected chi connectivity index (χ4v) is 2.86. The zero-order chi connectivity index (χ0) is 22.5. The number of carboxylic acids is 1. The summed E-state index contributed by atoms with van der Waals surface area (Å²) in [6, 6.07) is 11.0. The minimum atomic E-state index is -1.02. The van der Waals surface area contributed by atoms with Crippen LogP contribution in [0.4, 0.5) is 11.4 Å². The molecule has 0 fully saturated rings. The summed E-state index contributed by atoms with van der Waals surface area (Å²) in [5, 5.41) is 26.7. The van der Waals surface area contributed by atoms with Crippen molar-refractivity contribution >= 4 is 23.3 Å². The van der Waals surface area contributed by atoms with Gasteiger partial charge in [0.05, 0.1) is 29.6 Å². The minimum Gasteiger partial charge on any atom is -0.481 e. The normalized spacial score (nSPS) is 10.5. The lowest BCUT2D eigenvalue weighted by atomic mass is 10.1. The average Bonchev–Trinajstić information content (AvgIpc) is 3.18. The average molecular weight is 424 g/mol. The molecule has 0 saturated heterocycles. The number of aromatic nitrogens is 2. The molecule has 2 N–H and O–H groups in total. The third-order valence-corrected chi connectivity index (χ3v) is 4.42. The smallest absolute Gasteiger partial charge is 0.305 e. The van der Waals surface area contributed by atoms with Gasteiger partial charge in [-0.15, -0.1) is 0 Å². The van der Waals surface area contributed by atoms with Crippen molar-refractivity contribution in [1.82, 2.24) is 9.78 Å². The van der Waals surface area contributed by atoms with Gasteiger partial charge in [-0.05, 0) is 37.1 Å². The molecule has 0 aliphatic heterocycles. The lowest BCUT2D eigenvalue weighted by Gasteiger charge is -2.12. The number of nitro groups is 1. The van der Waals surface area contributed by atoms with Crippen molar-refractivity contribution in [3.63, 3.8) is 0 Å². The summed E-state index contributed by atoms with van der Waals surface area (Å²) in [7, 11) is 0. The number of hydrogen-bond donors (Lipinski definition) is 2. The monoisotopic (exact) mass is 424 g/mol. The molecular formula is C21H20N4O6. The lowest BCUT2D eigenvalue weighted by molar-refractivity contribution is -0.384. The maximum atomic E-state index is 12.7. The van der Waals surface area contributed by atoms with Gasteiger partial charge in [0.1, 0.15) is 17.2 Å². The molecule has 1 heterocycles. The molecule has 1 amide bonds. The molecule has 0 unspecified atom stereocenters. The van der Waals surface area contributed by atoms with E-state index in [4.69, 9.17) is 9.84 Å². The third kappa shape index (κ3) is 5.44. The molecule has 0 aliphatic carbocycles. The Hall–Kier alpha value is -4.21. The van der Waals surface area contributed by atoms with Gasteiger partial charge in [-0.2, -0.15) is 5.10 Å². The Morgan fingerprint density at radius 3 is 2.68 bits per heavy atom. The van der Waals surface area contributed by atoms with E-state index in [0.29, 0.717) is 5.75 Å². The number of carboxylic acid groups (broad SMARTS) is 1. The van der Waals surface area contributed by atoms with Crippen molar-refractivity contribution in [3.8, 4) is 11.5 Å². The first kappa shape index (κ1) is 21.5. The molecule has 1 aromatic heterocycles. The van der Waals surface area contributed by atoms with Crippen molar-refractivity contribution < 1.29 is 24.4 Å². The minimum absolute atomic E-state index is 0.0149. The Kier molecular flexibility index (Phi) is 6.29. The SMILES string of the molecule is Cc1ccc(C)c(Oc2cc(NC(=O)c3ccnn3CCC(=O)O)cc([N+](=O)[O-])c2)c1. The van der Waals surface area contributed by atoms with Gasteiger partial charge >= 0.3 is 5.97 Å². The van der Waals surface area contributed by atoms with Crippen LogP contribution in [0.3, 0.4) is 0 Å². The maximum Gasteiger partial charge on any atom is 0.305 e. The van der Waals surface area contributed by atoms with Crippen LogP contribution < -0.4 is 10.1 Å². The predicted octanol–water partition coefficient (Wildman–Crippen LogP) is 3.93. The molecule has 0 spiro atoms. The number of anilines is 1. The number of non-ortho nitro benzene ring substituents is 1. The fourth-order valence-electron chi connectivity index (χ4n) is 2.86. The number of amides is 1. The van der Waals surface area contributed by atoms with Gasteiger partial charge in [-0.1, -0.05) is 12.1 Å². The second kappa shape index (κ2) is 9.08. The van der Waals surface area contributed by atoms with E-state index in [2.05, 4.69) is 10.4 Å². The van der Waals surface area contributed by atoms with Crippen molar-refractivity contribution in [2.45, 2.75) is 26.8 Å². The van der Waals surface area contributed by atoms with Crippen LogP contribution in [0.5, 0.6) is 11.5 Å². The molecule has 2 aromatic carbocycles. The molecule has 3 aromatic rings. The highest BCUT2D eigenvalue weighted by Gasteiger charge is 2.17. The second-order valence-electron chi connectivity index (χ2n) is 6.88. The van der Waals surface area contributed by atoms with E-state index in [1.165, 1.54) is 35.1 Å². The first-order chi connectivity index (χ1) is 14.7. The van der Waals surface area contributed by atoms with Crippen molar-refractivity contribution in [2.75, 3.05) is 5.32 Å². The van der Waals surface area contributed by atoms with Gasteiger partial charge in [0, 0.05) is 18.3 Å². The van der Waals surface area contributed by atoms with Crippen molar-refractivity contribution in [3.05, 3.63) is 75.6 Å². The maximum absolute atomic E-state index is 12.7. The van der Waals surface area contributed by atoms with E-state index in [9.17, 15) is 19.7 Å². The number of hydrogen-bond acceptors (Lipinski definition) is 6. The van der Waals surface area contributed by atoms with Gasteiger partial charge in [0.15, 0.2) is 0 Å². The predicted molar refractivity (Wildman–Crippen MR) is 112 cm³/mol. The summed E-state index contributed by atoms with van der Waals surface area (Å²) >= 11 is 0. The Morgan fingerprint density at radius 2 is 1.97 bits per heavy atom. The van der Waals surface area contributed by atoms with Gasteiger partial charge in [0.25, 0.3) is 11.6 Å². The van der Waals surface area contributed by atoms with Gasteiger partial charge in [-0.25, -0.2) is 0 Å². The lowest BCUT2D eigenvalue weighted by Crippen LogP contribution is -2.19. The molecular weight excluding hydrogens is 404 g/mol. The van der Waals surface area contributed by atoms with Crippen LogP contribution in [0.25, 0.3) is 0 Å². The standard InChI is InChI=1S/C21H20N4O6/c1-13-3-4-14(2)19(9-13)31-17-11-15(10-16(12-17)25(29)30)23-21(28)18-5-7-22-24(18)8-6-20(26)27/h3-5,7,9-12H,6,8H2,1-2H3,(H,23,28)(H,26,27). The number of aryl methyl sites for hydroxylation is 3. The first-order valence-electron chi connectivity index (χ1n) is 9.32. The summed E-state index contributed by atoms with van der Waals surface area (Å²) in [5.74, 6) is -0.864. The van der Waals surface area contributed by atoms with E-state index in [1.54, 1.807) is 0 Å². The van der Waals surface area contributed by atoms with Crippen LogP contribution in [-0.2, 0) is 11.3 Å². The molecule has 160 valence electrons. The summed E-state index contributed by atoms with van der Waals surface area (Å²) < 4.78 is 7.10. The molecule has 31 heavy (non-hydrogen) atoms. The van der Waals surface area contributed by atoms with E-state index in [0.717, 1.165) is 11.1 Å². The molecule has 0 bridgehead atoms. The van der Waals surface area contributed by atoms with E-state index >= 15 is 0 Å². The van der Waals surface area contributed by atoms with Crippen molar-refractivity contribution in [1.29, 1.82) is 0 Å². The second-order valence-corrected chi connectivity index (χ2v) is 6.88. The highest BCUT2D eigenvalue weighted by Crippen LogP contribution is 2.32. The molecule has 10 nitrogen and oxygen atoms in total. The van der Waals surface area contributed by atoms with Crippen molar-refractivity contribution in [2.24, 2.45) is 0 Å². The summed E-state index contributed by atoms with van der Waals surface area (Å²) in [4.78, 5) is 34.2. The number of carbonyl (C=O) groups is 2. The number of carbonyl (C=O) groups excluding carboxylic acids is 1. The molecule has 0 aliphatic rings. The first-order valence-corrected chi connectivity index (χ1v) is 9.32. The largest absolute Gasteiger partial charge is 0.481 e. The number of nitrogens with zero attached hydrogens (tertiary/aromatic N) is 3. The van der Waals surface area contributed by atoms with Crippen LogP contribution in [0.15, 0.2) is 48.7 Å². The van der Waals surface area contributed by atoms with Crippen LogP contribution in [0.1, 0.15) is 28.0 Å². The van der Waals surface area contributed by atoms with E-state index in [1.807, 2.05) is 32.0 Å².